The first-order valence-electron chi connectivity index (χ1n) is 6.37. The molecule has 0 unspecified atom stereocenters. The van der Waals surface area contributed by atoms with E-state index in [2.05, 4.69) is 17.4 Å². The topological polar surface area (TPSA) is 29.1 Å². The van der Waals surface area contributed by atoms with Crippen molar-refractivity contribution in [1.29, 1.82) is 0 Å². The number of halogens is 1. The number of hydrogen-bond acceptors (Lipinski definition) is 2. The van der Waals surface area contributed by atoms with Gasteiger partial charge in [-0.05, 0) is 30.7 Å². The second-order valence-electron chi connectivity index (χ2n) is 4.44. The summed E-state index contributed by atoms with van der Waals surface area (Å²) in [4.78, 5) is 12.1. The van der Waals surface area contributed by atoms with E-state index in [9.17, 15) is 4.79 Å². The standard InChI is InChI=1S/C16H16ClNOS/c1-12(20-11-13-6-3-2-4-7-13)16(19)18-15-9-5-8-14(17)10-15/h2-10,12H,11H2,1H3,(H,18,19)/t12-/m1/s1. The lowest BCUT2D eigenvalue weighted by Crippen LogP contribution is -2.22. The van der Waals surface area contributed by atoms with E-state index in [4.69, 9.17) is 11.6 Å². The Kier molecular flexibility index (Phi) is 5.50. The van der Waals surface area contributed by atoms with Crippen molar-refractivity contribution < 1.29 is 4.79 Å². The third-order valence-corrected chi connectivity index (χ3v) is 4.25. The molecule has 2 aromatic rings. The predicted octanol–water partition coefficient (Wildman–Crippen LogP) is 4.60. The van der Waals surface area contributed by atoms with Crippen LogP contribution in [0.25, 0.3) is 0 Å². The van der Waals surface area contributed by atoms with Gasteiger partial charge >= 0.3 is 0 Å². The highest BCUT2D eigenvalue weighted by Gasteiger charge is 2.13. The second-order valence-corrected chi connectivity index (χ2v) is 6.20. The largest absolute Gasteiger partial charge is 0.325 e. The summed E-state index contributed by atoms with van der Waals surface area (Å²) >= 11 is 7.51. The molecule has 0 heterocycles. The minimum Gasteiger partial charge on any atom is -0.325 e. The Morgan fingerprint density at radius 1 is 1.20 bits per heavy atom. The lowest BCUT2D eigenvalue weighted by Gasteiger charge is -2.12. The van der Waals surface area contributed by atoms with Crippen LogP contribution in [0.5, 0.6) is 0 Å². The summed E-state index contributed by atoms with van der Waals surface area (Å²) in [5.74, 6) is 0.818. The first-order chi connectivity index (χ1) is 9.65. The molecule has 1 N–H and O–H groups in total. The maximum absolute atomic E-state index is 12.1. The Morgan fingerprint density at radius 3 is 2.65 bits per heavy atom. The molecule has 2 aromatic carbocycles. The molecule has 0 fully saturated rings. The molecule has 1 atom stereocenters. The van der Waals surface area contributed by atoms with Gasteiger partial charge in [-0.1, -0.05) is 48.0 Å². The van der Waals surface area contributed by atoms with Gasteiger partial charge in [0.15, 0.2) is 0 Å². The molecule has 20 heavy (non-hydrogen) atoms. The summed E-state index contributed by atoms with van der Waals surface area (Å²) in [6.07, 6.45) is 0. The van der Waals surface area contributed by atoms with Crippen molar-refractivity contribution in [3.63, 3.8) is 0 Å². The second kappa shape index (κ2) is 7.36. The van der Waals surface area contributed by atoms with Crippen molar-refractivity contribution in [3.8, 4) is 0 Å². The van der Waals surface area contributed by atoms with Crippen LogP contribution in [0.15, 0.2) is 54.6 Å². The van der Waals surface area contributed by atoms with Crippen LogP contribution in [0.3, 0.4) is 0 Å². The molecule has 2 nitrogen and oxygen atoms in total. The molecular weight excluding hydrogens is 290 g/mol. The van der Waals surface area contributed by atoms with E-state index in [1.807, 2.05) is 37.3 Å². The Bertz CT molecular complexity index is 574. The zero-order valence-electron chi connectivity index (χ0n) is 11.2. The Hall–Kier alpha value is -1.45. The Labute approximate surface area is 128 Å². The number of amides is 1. The Morgan fingerprint density at radius 2 is 1.95 bits per heavy atom. The van der Waals surface area contributed by atoms with Crippen LogP contribution in [0.2, 0.25) is 5.02 Å². The fourth-order valence-electron chi connectivity index (χ4n) is 1.68. The van der Waals surface area contributed by atoms with Crippen LogP contribution in [0.1, 0.15) is 12.5 Å². The quantitative estimate of drug-likeness (QED) is 0.874. The van der Waals surface area contributed by atoms with E-state index in [1.54, 1.807) is 23.9 Å². The highest BCUT2D eigenvalue weighted by Crippen LogP contribution is 2.20. The number of nitrogens with one attached hydrogen (secondary N) is 1. The number of rotatable bonds is 5. The molecule has 0 aliphatic rings. The maximum Gasteiger partial charge on any atom is 0.237 e. The number of thioether (sulfide) groups is 1. The van der Waals surface area contributed by atoms with Crippen LogP contribution in [0.4, 0.5) is 5.69 Å². The monoisotopic (exact) mass is 305 g/mol. The van der Waals surface area contributed by atoms with Crippen molar-refractivity contribution in [1.82, 2.24) is 0 Å². The van der Waals surface area contributed by atoms with Crippen molar-refractivity contribution in [2.75, 3.05) is 5.32 Å². The smallest absolute Gasteiger partial charge is 0.237 e. The van der Waals surface area contributed by atoms with E-state index in [1.165, 1.54) is 5.56 Å². The fraction of sp³-hybridized carbons (Fsp3) is 0.188. The first kappa shape index (κ1) is 14.9. The highest BCUT2D eigenvalue weighted by molar-refractivity contribution is 7.99. The number of carbonyl (C=O) groups is 1. The molecule has 0 radical (unpaired) electrons. The van der Waals surface area contributed by atoms with E-state index < -0.39 is 0 Å². The van der Waals surface area contributed by atoms with Crippen LogP contribution in [0, 0.1) is 0 Å². The van der Waals surface area contributed by atoms with Crippen LogP contribution < -0.4 is 5.32 Å². The molecule has 4 heteroatoms. The molecule has 1 amide bonds. The Balaban J connectivity index is 1.86. The summed E-state index contributed by atoms with van der Waals surface area (Å²) < 4.78 is 0. The summed E-state index contributed by atoms with van der Waals surface area (Å²) in [5.41, 5.74) is 1.95. The molecule has 0 aliphatic heterocycles. The van der Waals surface area contributed by atoms with Crippen molar-refractivity contribution in [2.45, 2.75) is 17.9 Å². The molecule has 0 saturated carbocycles. The molecule has 0 spiro atoms. The SMILES string of the molecule is C[C@@H](SCc1ccccc1)C(=O)Nc1cccc(Cl)c1. The minimum atomic E-state index is -0.116. The molecule has 2 rings (SSSR count). The van der Waals surface area contributed by atoms with Crippen molar-refractivity contribution >= 4 is 35.0 Å². The summed E-state index contributed by atoms with van der Waals surface area (Å²) in [5, 5.41) is 3.38. The first-order valence-corrected chi connectivity index (χ1v) is 7.80. The van der Waals surface area contributed by atoms with Gasteiger partial charge in [-0.3, -0.25) is 4.79 Å². The summed E-state index contributed by atoms with van der Waals surface area (Å²) in [7, 11) is 0. The number of anilines is 1. The lowest BCUT2D eigenvalue weighted by atomic mass is 10.2. The van der Waals surface area contributed by atoms with E-state index in [-0.39, 0.29) is 11.2 Å². The van der Waals surface area contributed by atoms with Gasteiger partial charge in [-0.25, -0.2) is 0 Å². The van der Waals surface area contributed by atoms with Gasteiger partial charge in [0.05, 0.1) is 5.25 Å². The third kappa shape index (κ3) is 4.58. The van der Waals surface area contributed by atoms with E-state index in [0.29, 0.717) is 5.02 Å². The van der Waals surface area contributed by atoms with Gasteiger partial charge in [0.2, 0.25) is 5.91 Å². The van der Waals surface area contributed by atoms with Gasteiger partial charge in [0.25, 0.3) is 0 Å². The van der Waals surface area contributed by atoms with Gasteiger partial charge in [-0.15, -0.1) is 11.8 Å². The number of carbonyl (C=O) groups excluding carboxylic acids is 1. The lowest BCUT2D eigenvalue weighted by molar-refractivity contribution is -0.115. The van der Waals surface area contributed by atoms with Crippen LogP contribution >= 0.6 is 23.4 Å². The van der Waals surface area contributed by atoms with Crippen molar-refractivity contribution in [3.05, 3.63) is 65.2 Å². The van der Waals surface area contributed by atoms with E-state index >= 15 is 0 Å². The van der Waals surface area contributed by atoms with Gasteiger partial charge in [0.1, 0.15) is 0 Å². The third-order valence-electron chi connectivity index (χ3n) is 2.80. The van der Waals surface area contributed by atoms with Gasteiger partial charge in [-0.2, -0.15) is 0 Å². The van der Waals surface area contributed by atoms with Crippen LogP contribution in [-0.4, -0.2) is 11.2 Å². The molecule has 0 bridgehead atoms. The molecule has 0 saturated heterocycles. The molecule has 0 aliphatic carbocycles. The average Bonchev–Trinajstić information content (AvgIpc) is 2.46. The van der Waals surface area contributed by atoms with Gasteiger partial charge in [0, 0.05) is 16.5 Å². The maximum atomic E-state index is 12.1. The molecule has 0 aromatic heterocycles. The van der Waals surface area contributed by atoms with Crippen molar-refractivity contribution in [2.24, 2.45) is 0 Å². The number of benzene rings is 2. The fourth-order valence-corrected chi connectivity index (χ4v) is 2.72. The molecular formula is C16H16ClNOS. The number of hydrogen-bond donors (Lipinski definition) is 1. The highest BCUT2D eigenvalue weighted by atomic mass is 35.5. The normalized spacial score (nSPS) is 11.9. The van der Waals surface area contributed by atoms with E-state index in [0.717, 1.165) is 11.4 Å². The predicted molar refractivity (Wildman–Crippen MR) is 87.3 cm³/mol. The zero-order chi connectivity index (χ0) is 14.4. The van der Waals surface area contributed by atoms with Gasteiger partial charge < -0.3 is 5.32 Å². The average molecular weight is 306 g/mol. The minimum absolute atomic E-state index is 0.00630. The molecule has 104 valence electrons. The van der Waals surface area contributed by atoms with Crippen LogP contribution in [-0.2, 0) is 10.5 Å². The summed E-state index contributed by atoms with van der Waals surface area (Å²) in [6.45, 7) is 1.91. The summed E-state index contributed by atoms with van der Waals surface area (Å²) in [6, 6.07) is 17.3. The zero-order valence-corrected chi connectivity index (χ0v) is 12.7.